The van der Waals surface area contributed by atoms with Gasteiger partial charge in [0.2, 0.25) is 4.96 Å². The fraction of sp³-hybridized carbons (Fsp3) is 0.182. The lowest BCUT2D eigenvalue weighted by Gasteiger charge is -2.01. The Morgan fingerprint density at radius 1 is 1.28 bits per heavy atom. The standard InChI is InChI=1S/C11H8Cl2N4S/c1-6-14-15-11-17(6)16-10(18-11)4-7-2-3-8(12)5-9(7)13/h2-3,5H,4H2,1H3. The first-order valence-corrected chi connectivity index (χ1v) is 6.82. The molecule has 7 heteroatoms. The van der Waals surface area contributed by atoms with E-state index < -0.39 is 0 Å². The van der Waals surface area contributed by atoms with Gasteiger partial charge in [-0.05, 0) is 24.6 Å². The molecule has 2 heterocycles. The maximum atomic E-state index is 6.14. The minimum Gasteiger partial charge on any atom is -0.188 e. The number of hydrogen-bond donors (Lipinski definition) is 0. The fourth-order valence-corrected chi connectivity index (χ4v) is 3.03. The molecule has 4 nitrogen and oxygen atoms in total. The number of hydrogen-bond acceptors (Lipinski definition) is 4. The number of fused-ring (bicyclic) bond motifs is 1. The predicted molar refractivity (Wildman–Crippen MR) is 72.7 cm³/mol. The Labute approximate surface area is 117 Å². The Kier molecular flexibility index (Phi) is 2.97. The van der Waals surface area contributed by atoms with E-state index in [0.717, 1.165) is 21.4 Å². The number of halogens is 2. The molecule has 18 heavy (non-hydrogen) atoms. The molecule has 0 saturated heterocycles. The molecule has 0 bridgehead atoms. The molecule has 0 radical (unpaired) electrons. The van der Waals surface area contributed by atoms with E-state index in [4.69, 9.17) is 23.2 Å². The summed E-state index contributed by atoms with van der Waals surface area (Å²) < 4.78 is 1.74. The fourth-order valence-electron chi connectivity index (χ4n) is 1.65. The first-order chi connectivity index (χ1) is 8.63. The van der Waals surface area contributed by atoms with Gasteiger partial charge in [-0.25, -0.2) is 0 Å². The van der Waals surface area contributed by atoms with Crippen LogP contribution in [0.1, 0.15) is 16.4 Å². The van der Waals surface area contributed by atoms with Crippen LogP contribution in [-0.4, -0.2) is 19.8 Å². The number of benzene rings is 1. The highest BCUT2D eigenvalue weighted by atomic mass is 35.5. The van der Waals surface area contributed by atoms with Crippen LogP contribution in [0, 0.1) is 6.92 Å². The lowest BCUT2D eigenvalue weighted by molar-refractivity contribution is 0.864. The van der Waals surface area contributed by atoms with Gasteiger partial charge >= 0.3 is 0 Å². The normalized spacial score (nSPS) is 11.3. The van der Waals surface area contributed by atoms with Crippen LogP contribution in [0.5, 0.6) is 0 Å². The predicted octanol–water partition coefficient (Wildman–Crippen LogP) is 3.39. The van der Waals surface area contributed by atoms with Crippen molar-refractivity contribution in [2.45, 2.75) is 13.3 Å². The zero-order chi connectivity index (χ0) is 12.7. The van der Waals surface area contributed by atoms with Crippen molar-refractivity contribution in [2.75, 3.05) is 0 Å². The van der Waals surface area contributed by atoms with E-state index in [1.54, 1.807) is 10.6 Å². The van der Waals surface area contributed by atoms with Gasteiger partial charge in [0.25, 0.3) is 0 Å². The Bertz CT molecular complexity index is 719. The molecule has 0 aliphatic rings. The van der Waals surface area contributed by atoms with Crippen LogP contribution < -0.4 is 0 Å². The summed E-state index contributed by atoms with van der Waals surface area (Å²) in [6.45, 7) is 1.87. The van der Waals surface area contributed by atoms with E-state index in [1.807, 2.05) is 19.1 Å². The first-order valence-electron chi connectivity index (χ1n) is 5.25. The topological polar surface area (TPSA) is 43.1 Å². The van der Waals surface area contributed by atoms with Crippen LogP contribution in [0.15, 0.2) is 18.2 Å². The van der Waals surface area contributed by atoms with Crippen molar-refractivity contribution in [3.63, 3.8) is 0 Å². The summed E-state index contributed by atoms with van der Waals surface area (Å²) in [5.74, 6) is 0.787. The highest BCUT2D eigenvalue weighted by Crippen LogP contribution is 2.25. The molecule has 0 aliphatic heterocycles. The highest BCUT2D eigenvalue weighted by Gasteiger charge is 2.10. The van der Waals surface area contributed by atoms with Crippen LogP contribution in [0.4, 0.5) is 0 Å². The Hall–Kier alpha value is -1.17. The Morgan fingerprint density at radius 3 is 2.83 bits per heavy atom. The zero-order valence-electron chi connectivity index (χ0n) is 9.39. The molecule has 0 spiro atoms. The maximum absolute atomic E-state index is 6.14. The van der Waals surface area contributed by atoms with Crippen molar-refractivity contribution in [1.29, 1.82) is 0 Å². The molecule has 0 atom stereocenters. The lowest BCUT2D eigenvalue weighted by atomic mass is 10.2. The van der Waals surface area contributed by atoms with Gasteiger partial charge < -0.3 is 0 Å². The van der Waals surface area contributed by atoms with Crippen LogP contribution in [0.25, 0.3) is 4.96 Å². The van der Waals surface area contributed by atoms with Crippen molar-refractivity contribution >= 4 is 39.5 Å². The molecule has 2 aromatic heterocycles. The summed E-state index contributed by atoms with van der Waals surface area (Å²) in [7, 11) is 0. The summed E-state index contributed by atoms with van der Waals surface area (Å²) >= 11 is 13.5. The third-order valence-corrected chi connectivity index (χ3v) is 4.03. The number of aromatic nitrogens is 4. The van der Waals surface area contributed by atoms with Crippen LogP contribution >= 0.6 is 34.5 Å². The summed E-state index contributed by atoms with van der Waals surface area (Å²) in [5, 5.41) is 14.7. The van der Waals surface area contributed by atoms with Crippen molar-refractivity contribution < 1.29 is 0 Å². The largest absolute Gasteiger partial charge is 0.234 e. The van der Waals surface area contributed by atoms with E-state index in [9.17, 15) is 0 Å². The molecular formula is C11H8Cl2N4S. The second-order valence-electron chi connectivity index (χ2n) is 3.85. The van der Waals surface area contributed by atoms with E-state index >= 15 is 0 Å². The third-order valence-electron chi connectivity index (χ3n) is 2.55. The monoisotopic (exact) mass is 298 g/mol. The summed E-state index contributed by atoms with van der Waals surface area (Å²) in [5.41, 5.74) is 1.00. The van der Waals surface area contributed by atoms with E-state index in [-0.39, 0.29) is 0 Å². The van der Waals surface area contributed by atoms with Crippen LogP contribution in [0.2, 0.25) is 10.0 Å². The minimum absolute atomic E-state index is 0.637. The molecular weight excluding hydrogens is 291 g/mol. The average molecular weight is 299 g/mol. The second kappa shape index (κ2) is 4.50. The van der Waals surface area contributed by atoms with Crippen molar-refractivity contribution in [1.82, 2.24) is 19.8 Å². The second-order valence-corrected chi connectivity index (χ2v) is 5.73. The quantitative estimate of drug-likeness (QED) is 0.728. The molecule has 0 saturated carbocycles. The summed E-state index contributed by atoms with van der Waals surface area (Å²) in [6, 6.07) is 5.48. The van der Waals surface area contributed by atoms with Gasteiger partial charge in [0.05, 0.1) is 0 Å². The van der Waals surface area contributed by atoms with E-state index in [2.05, 4.69) is 15.3 Å². The minimum atomic E-state index is 0.637. The zero-order valence-corrected chi connectivity index (χ0v) is 11.7. The number of rotatable bonds is 2. The molecule has 0 unspecified atom stereocenters. The van der Waals surface area contributed by atoms with E-state index in [1.165, 1.54) is 11.3 Å². The molecule has 92 valence electrons. The van der Waals surface area contributed by atoms with Crippen molar-refractivity contribution in [3.05, 3.63) is 44.6 Å². The van der Waals surface area contributed by atoms with Crippen molar-refractivity contribution in [3.8, 4) is 0 Å². The molecule has 3 aromatic rings. The third kappa shape index (κ3) is 2.09. The summed E-state index contributed by atoms with van der Waals surface area (Å²) in [6.07, 6.45) is 0.670. The molecule has 0 aliphatic carbocycles. The van der Waals surface area contributed by atoms with Crippen LogP contribution in [-0.2, 0) is 6.42 Å². The van der Waals surface area contributed by atoms with Gasteiger partial charge in [0.1, 0.15) is 5.01 Å². The molecule has 0 amide bonds. The highest BCUT2D eigenvalue weighted by molar-refractivity contribution is 7.16. The van der Waals surface area contributed by atoms with Crippen molar-refractivity contribution in [2.24, 2.45) is 0 Å². The van der Waals surface area contributed by atoms with Gasteiger partial charge in [-0.3, -0.25) is 0 Å². The molecule has 0 N–H and O–H groups in total. The lowest BCUT2D eigenvalue weighted by Crippen LogP contribution is -1.93. The Balaban J connectivity index is 1.95. The van der Waals surface area contributed by atoms with Gasteiger partial charge in [-0.2, -0.15) is 9.61 Å². The maximum Gasteiger partial charge on any atom is 0.234 e. The van der Waals surface area contributed by atoms with Crippen LogP contribution in [0.3, 0.4) is 0 Å². The van der Waals surface area contributed by atoms with Gasteiger partial charge in [0, 0.05) is 16.5 Å². The first kappa shape index (κ1) is 11.9. The number of nitrogens with zero attached hydrogens (tertiary/aromatic N) is 4. The average Bonchev–Trinajstić information content (AvgIpc) is 2.86. The molecule has 1 aromatic carbocycles. The van der Waals surface area contributed by atoms with E-state index in [0.29, 0.717) is 16.5 Å². The van der Waals surface area contributed by atoms with Gasteiger partial charge in [0.15, 0.2) is 5.82 Å². The Morgan fingerprint density at radius 2 is 2.11 bits per heavy atom. The smallest absolute Gasteiger partial charge is 0.188 e. The molecule has 3 rings (SSSR count). The number of aryl methyl sites for hydroxylation is 1. The SMILES string of the molecule is Cc1nnc2sc(Cc3ccc(Cl)cc3Cl)nn12. The van der Waals surface area contributed by atoms with Gasteiger partial charge in [-0.1, -0.05) is 40.6 Å². The summed E-state index contributed by atoms with van der Waals surface area (Å²) in [4.78, 5) is 0.799. The van der Waals surface area contributed by atoms with Gasteiger partial charge in [-0.15, -0.1) is 10.2 Å². The molecule has 0 fully saturated rings.